The molecule has 4 nitrogen and oxygen atoms in total. The smallest absolute Gasteiger partial charge is 0.253 e. The van der Waals surface area contributed by atoms with E-state index in [2.05, 4.69) is 5.32 Å². The van der Waals surface area contributed by atoms with E-state index in [9.17, 15) is 15.0 Å². The van der Waals surface area contributed by atoms with Crippen molar-refractivity contribution < 1.29 is 15.0 Å². The van der Waals surface area contributed by atoms with Crippen molar-refractivity contribution in [3.05, 3.63) is 35.9 Å². The minimum atomic E-state index is -1.13. The molecule has 1 saturated carbocycles. The molecule has 1 aromatic carbocycles. The fourth-order valence-electron chi connectivity index (χ4n) is 2.16. The van der Waals surface area contributed by atoms with E-state index in [0.29, 0.717) is 18.4 Å². The average Bonchev–Trinajstić information content (AvgIpc) is 2.75. The van der Waals surface area contributed by atoms with Crippen LogP contribution in [-0.4, -0.2) is 28.3 Å². The van der Waals surface area contributed by atoms with Crippen LogP contribution in [-0.2, 0) is 4.79 Å². The highest BCUT2D eigenvalue weighted by Crippen LogP contribution is 2.20. The third-order valence-electron chi connectivity index (χ3n) is 3.11. The first kappa shape index (κ1) is 12.1. The fourth-order valence-corrected chi connectivity index (χ4v) is 2.16. The molecule has 1 aromatic rings. The summed E-state index contributed by atoms with van der Waals surface area (Å²) in [6.45, 7) is 0. The third-order valence-corrected chi connectivity index (χ3v) is 3.11. The van der Waals surface area contributed by atoms with Crippen LogP contribution in [0.25, 0.3) is 0 Å². The average molecular weight is 235 g/mol. The Balaban J connectivity index is 1.92. The van der Waals surface area contributed by atoms with Crippen molar-refractivity contribution in [2.45, 2.75) is 37.5 Å². The minimum absolute atomic E-state index is 0.0177. The first-order chi connectivity index (χ1) is 8.16. The molecule has 92 valence electrons. The van der Waals surface area contributed by atoms with Gasteiger partial charge in [0.1, 0.15) is 0 Å². The van der Waals surface area contributed by atoms with Crippen molar-refractivity contribution in [2.24, 2.45) is 0 Å². The predicted molar refractivity (Wildman–Crippen MR) is 63.2 cm³/mol. The van der Waals surface area contributed by atoms with Crippen LogP contribution in [0.5, 0.6) is 0 Å². The van der Waals surface area contributed by atoms with Gasteiger partial charge >= 0.3 is 0 Å². The maximum atomic E-state index is 11.8. The number of aliphatic hydroxyl groups excluding tert-OH is 2. The zero-order valence-corrected chi connectivity index (χ0v) is 9.54. The maximum absolute atomic E-state index is 11.8. The maximum Gasteiger partial charge on any atom is 0.253 e. The summed E-state index contributed by atoms with van der Waals surface area (Å²) in [5, 5.41) is 22.0. The van der Waals surface area contributed by atoms with Crippen LogP contribution < -0.4 is 5.32 Å². The molecule has 3 atom stereocenters. The van der Waals surface area contributed by atoms with E-state index in [1.807, 2.05) is 6.07 Å². The molecule has 1 aliphatic rings. The van der Waals surface area contributed by atoms with E-state index in [4.69, 9.17) is 0 Å². The van der Waals surface area contributed by atoms with Gasteiger partial charge in [0, 0.05) is 6.04 Å². The molecule has 0 spiro atoms. The minimum Gasteiger partial charge on any atom is -0.393 e. The monoisotopic (exact) mass is 235 g/mol. The van der Waals surface area contributed by atoms with Gasteiger partial charge in [0.2, 0.25) is 0 Å². The third kappa shape index (κ3) is 3.05. The fraction of sp³-hybridized carbons (Fsp3) is 0.462. The van der Waals surface area contributed by atoms with Crippen molar-refractivity contribution in [1.82, 2.24) is 5.32 Å². The molecule has 17 heavy (non-hydrogen) atoms. The largest absolute Gasteiger partial charge is 0.393 e. The lowest BCUT2D eigenvalue weighted by Crippen LogP contribution is -2.36. The van der Waals surface area contributed by atoms with Crippen LogP contribution >= 0.6 is 0 Å². The highest BCUT2D eigenvalue weighted by atomic mass is 16.3. The summed E-state index contributed by atoms with van der Waals surface area (Å²) in [6.07, 6.45) is 0.608. The quantitative estimate of drug-likeness (QED) is 0.724. The first-order valence-electron chi connectivity index (χ1n) is 5.88. The van der Waals surface area contributed by atoms with E-state index >= 15 is 0 Å². The van der Waals surface area contributed by atoms with Crippen molar-refractivity contribution >= 4 is 5.91 Å². The SMILES string of the molecule is O=C(N[C@H]1CC[C@@H](O)C1)C(O)c1ccccc1. The van der Waals surface area contributed by atoms with Gasteiger partial charge in [-0.1, -0.05) is 30.3 Å². The van der Waals surface area contributed by atoms with Crippen LogP contribution in [0.15, 0.2) is 30.3 Å². The number of rotatable bonds is 3. The molecule has 0 radical (unpaired) electrons. The summed E-state index contributed by atoms with van der Waals surface area (Å²) in [6, 6.07) is 8.81. The van der Waals surface area contributed by atoms with Gasteiger partial charge < -0.3 is 15.5 Å². The van der Waals surface area contributed by atoms with Crippen LogP contribution in [0.3, 0.4) is 0 Å². The van der Waals surface area contributed by atoms with Gasteiger partial charge in [-0.05, 0) is 24.8 Å². The highest BCUT2D eigenvalue weighted by Gasteiger charge is 2.26. The lowest BCUT2D eigenvalue weighted by molar-refractivity contribution is -0.130. The Morgan fingerprint density at radius 1 is 1.29 bits per heavy atom. The van der Waals surface area contributed by atoms with Crippen molar-refractivity contribution in [3.8, 4) is 0 Å². The Morgan fingerprint density at radius 2 is 2.00 bits per heavy atom. The standard InChI is InChI=1S/C13H17NO3/c15-11-7-6-10(8-11)14-13(17)12(16)9-4-2-1-3-5-9/h1-5,10-12,15-16H,6-8H2,(H,14,17)/t10-,11+,12?/m0/s1. The Kier molecular flexibility index (Phi) is 3.76. The van der Waals surface area contributed by atoms with Gasteiger partial charge in [-0.2, -0.15) is 0 Å². The molecule has 0 saturated heterocycles. The Hall–Kier alpha value is -1.39. The summed E-state index contributed by atoms with van der Waals surface area (Å²) in [5.41, 5.74) is 0.587. The molecule has 0 bridgehead atoms. The van der Waals surface area contributed by atoms with Crippen molar-refractivity contribution in [2.75, 3.05) is 0 Å². The molecule has 0 heterocycles. The number of carbonyl (C=O) groups excluding carboxylic acids is 1. The molecular formula is C13H17NO3. The van der Waals surface area contributed by atoms with Gasteiger partial charge in [-0.15, -0.1) is 0 Å². The molecule has 3 N–H and O–H groups in total. The number of carbonyl (C=O) groups is 1. The molecular weight excluding hydrogens is 218 g/mol. The predicted octanol–water partition coefficient (Wildman–Crippen LogP) is 0.750. The van der Waals surface area contributed by atoms with E-state index in [1.54, 1.807) is 24.3 Å². The summed E-state index contributed by atoms with van der Waals surface area (Å²) in [4.78, 5) is 11.8. The summed E-state index contributed by atoms with van der Waals surface area (Å²) in [5.74, 6) is -0.393. The first-order valence-corrected chi connectivity index (χ1v) is 5.88. The van der Waals surface area contributed by atoms with Crippen LogP contribution in [0, 0.1) is 0 Å². The lowest BCUT2D eigenvalue weighted by atomic mass is 10.1. The number of benzene rings is 1. The Bertz CT molecular complexity index is 380. The lowest BCUT2D eigenvalue weighted by Gasteiger charge is -2.16. The molecule has 2 rings (SSSR count). The van der Waals surface area contributed by atoms with E-state index in [0.717, 1.165) is 6.42 Å². The normalized spacial score (nSPS) is 25.5. The summed E-state index contributed by atoms with van der Waals surface area (Å²) >= 11 is 0. The van der Waals surface area contributed by atoms with Crippen molar-refractivity contribution in [1.29, 1.82) is 0 Å². The van der Waals surface area contributed by atoms with Crippen LogP contribution in [0.4, 0.5) is 0 Å². The van der Waals surface area contributed by atoms with E-state index in [1.165, 1.54) is 0 Å². The number of aliphatic hydroxyl groups is 2. The molecule has 1 aliphatic carbocycles. The van der Waals surface area contributed by atoms with E-state index in [-0.39, 0.29) is 12.1 Å². The van der Waals surface area contributed by atoms with Crippen LogP contribution in [0.2, 0.25) is 0 Å². The number of amides is 1. The molecule has 4 heteroatoms. The number of hydrogen-bond acceptors (Lipinski definition) is 3. The zero-order chi connectivity index (χ0) is 12.3. The van der Waals surface area contributed by atoms with Gasteiger partial charge in [-0.3, -0.25) is 4.79 Å². The summed E-state index contributed by atoms with van der Waals surface area (Å²) < 4.78 is 0. The van der Waals surface area contributed by atoms with Crippen molar-refractivity contribution in [3.63, 3.8) is 0 Å². The molecule has 0 aromatic heterocycles. The topological polar surface area (TPSA) is 69.6 Å². The van der Waals surface area contributed by atoms with Crippen LogP contribution in [0.1, 0.15) is 30.9 Å². The highest BCUT2D eigenvalue weighted by molar-refractivity contribution is 5.82. The number of hydrogen-bond donors (Lipinski definition) is 3. The second-order valence-corrected chi connectivity index (χ2v) is 4.49. The van der Waals surface area contributed by atoms with E-state index < -0.39 is 12.0 Å². The molecule has 1 amide bonds. The Morgan fingerprint density at radius 3 is 2.59 bits per heavy atom. The van der Waals surface area contributed by atoms with Gasteiger partial charge in [-0.25, -0.2) is 0 Å². The molecule has 0 aliphatic heterocycles. The van der Waals surface area contributed by atoms with Gasteiger partial charge in [0.05, 0.1) is 6.10 Å². The molecule has 1 unspecified atom stereocenters. The van der Waals surface area contributed by atoms with Gasteiger partial charge in [0.25, 0.3) is 5.91 Å². The second-order valence-electron chi connectivity index (χ2n) is 4.49. The second kappa shape index (κ2) is 5.29. The van der Waals surface area contributed by atoms with Gasteiger partial charge in [0.15, 0.2) is 6.10 Å². The zero-order valence-electron chi connectivity index (χ0n) is 9.54. The Labute approximate surface area is 100 Å². The summed E-state index contributed by atoms with van der Waals surface area (Å²) in [7, 11) is 0. The number of nitrogens with one attached hydrogen (secondary N) is 1. The molecule has 1 fully saturated rings.